The van der Waals surface area contributed by atoms with Crippen molar-refractivity contribution in [1.82, 2.24) is 0 Å². The quantitative estimate of drug-likeness (QED) is 0.253. The molecular weight excluding hydrogens is 408 g/mol. The maximum absolute atomic E-state index is 13.7. The summed E-state index contributed by atoms with van der Waals surface area (Å²) in [5.41, 5.74) is 0.648. The van der Waals surface area contributed by atoms with Crippen LogP contribution in [-0.4, -0.2) is 53.7 Å². The summed E-state index contributed by atoms with van der Waals surface area (Å²) in [6.45, 7) is 3.15. The lowest BCUT2D eigenvalue weighted by Crippen LogP contribution is -2.46. The Morgan fingerprint density at radius 3 is 1.96 bits per heavy atom. The van der Waals surface area contributed by atoms with Crippen molar-refractivity contribution in [3.05, 3.63) is 29.8 Å². The van der Waals surface area contributed by atoms with Gasteiger partial charge in [-0.2, -0.15) is 30.2 Å². The molecule has 0 unspecified atom stereocenters. The zero-order valence-corrected chi connectivity index (χ0v) is 16.4. The first-order chi connectivity index (χ1) is 13.0. The number of hydrogen-bond acceptors (Lipinski definition) is 6. The highest BCUT2D eigenvalue weighted by Crippen LogP contribution is 2.38. The summed E-state index contributed by atoms with van der Waals surface area (Å²) in [7, 11) is -5.13. The van der Waals surface area contributed by atoms with Crippen LogP contribution in [0.4, 0.5) is 17.6 Å². The Kier molecular flexibility index (Phi) is 9.78. The van der Waals surface area contributed by atoms with Crippen molar-refractivity contribution in [2.75, 3.05) is 33.0 Å². The number of aryl methyl sites for hydroxylation is 1. The van der Waals surface area contributed by atoms with Crippen LogP contribution < -0.4 is 0 Å². The van der Waals surface area contributed by atoms with Crippen LogP contribution in [0.5, 0.6) is 0 Å². The third-order valence-electron chi connectivity index (χ3n) is 3.39. The summed E-state index contributed by atoms with van der Waals surface area (Å²) >= 11 is 0. The molecule has 0 aliphatic rings. The second-order valence-electron chi connectivity index (χ2n) is 5.81. The number of hydrogen-bond donors (Lipinski definition) is 0. The molecule has 0 aliphatic carbocycles. The van der Waals surface area contributed by atoms with Crippen molar-refractivity contribution in [3.8, 4) is 0 Å². The minimum absolute atomic E-state index is 0.0767. The summed E-state index contributed by atoms with van der Waals surface area (Å²) in [4.78, 5) is -0.681. The average Bonchev–Trinajstić information content (AvgIpc) is 2.59. The normalized spacial score (nSPS) is 13.1. The molecule has 0 aliphatic heterocycles. The largest absolute Gasteiger partial charge is 0.462 e. The molecule has 0 amide bonds. The number of ether oxygens (including phenoxy) is 3. The molecule has 0 N–H and O–H groups in total. The van der Waals surface area contributed by atoms with Gasteiger partial charge in [0.1, 0.15) is 0 Å². The lowest BCUT2D eigenvalue weighted by Gasteiger charge is -2.25. The van der Waals surface area contributed by atoms with E-state index in [1.807, 2.05) is 6.92 Å². The van der Waals surface area contributed by atoms with Crippen LogP contribution in [0.25, 0.3) is 0 Å². The fourth-order valence-electron chi connectivity index (χ4n) is 1.82. The molecule has 6 nitrogen and oxygen atoms in total. The van der Waals surface area contributed by atoms with E-state index in [1.54, 1.807) is 6.92 Å². The van der Waals surface area contributed by atoms with Crippen LogP contribution in [0.15, 0.2) is 29.2 Å². The molecule has 1 aromatic carbocycles. The van der Waals surface area contributed by atoms with Gasteiger partial charge >= 0.3 is 22.3 Å². The van der Waals surface area contributed by atoms with Crippen molar-refractivity contribution in [2.45, 2.75) is 43.8 Å². The first-order valence-corrected chi connectivity index (χ1v) is 10.00. The van der Waals surface area contributed by atoms with Crippen LogP contribution in [0.1, 0.15) is 25.3 Å². The van der Waals surface area contributed by atoms with E-state index in [2.05, 4.69) is 8.92 Å². The second-order valence-corrected chi connectivity index (χ2v) is 7.36. The van der Waals surface area contributed by atoms with E-state index in [1.165, 1.54) is 12.1 Å². The van der Waals surface area contributed by atoms with Gasteiger partial charge in [-0.3, -0.25) is 0 Å². The van der Waals surface area contributed by atoms with Gasteiger partial charge in [-0.25, -0.2) is 0 Å². The molecule has 1 aromatic rings. The fourth-order valence-corrected chi connectivity index (χ4v) is 2.76. The number of benzene rings is 1. The lowest BCUT2D eigenvalue weighted by molar-refractivity contribution is -0.407. The zero-order chi connectivity index (χ0) is 21.3. The van der Waals surface area contributed by atoms with Gasteiger partial charge < -0.3 is 14.2 Å². The third kappa shape index (κ3) is 8.00. The summed E-state index contributed by atoms with van der Waals surface area (Å²) in [5, 5.41) is 0. The van der Waals surface area contributed by atoms with Crippen LogP contribution in [0, 0.1) is 6.92 Å². The Hall–Kier alpha value is -1.27. The Morgan fingerprint density at radius 1 is 0.857 bits per heavy atom. The van der Waals surface area contributed by atoms with Gasteiger partial charge in [-0.05, 0) is 25.5 Å². The van der Waals surface area contributed by atoms with Crippen LogP contribution in [0.2, 0.25) is 0 Å². The Morgan fingerprint density at radius 2 is 1.39 bits per heavy atom. The highest BCUT2D eigenvalue weighted by atomic mass is 32.2. The van der Waals surface area contributed by atoms with E-state index in [9.17, 15) is 26.0 Å². The summed E-state index contributed by atoms with van der Waals surface area (Å²) in [5.74, 6) is 0. The van der Waals surface area contributed by atoms with E-state index in [-0.39, 0.29) is 13.2 Å². The van der Waals surface area contributed by atoms with E-state index in [0.29, 0.717) is 12.2 Å². The molecule has 1 rings (SSSR count). The molecule has 0 atom stereocenters. The average molecular weight is 432 g/mol. The topological polar surface area (TPSA) is 71.1 Å². The van der Waals surface area contributed by atoms with Crippen LogP contribution in [0.3, 0.4) is 0 Å². The van der Waals surface area contributed by atoms with Gasteiger partial charge in [0, 0.05) is 6.61 Å². The predicted octanol–water partition coefficient (Wildman–Crippen LogP) is 3.74. The van der Waals surface area contributed by atoms with Gasteiger partial charge in [0.15, 0.2) is 0 Å². The molecule has 0 bridgehead atoms. The highest BCUT2D eigenvalue weighted by Gasteiger charge is 2.62. The second kappa shape index (κ2) is 11.1. The van der Waals surface area contributed by atoms with Gasteiger partial charge in [0.25, 0.3) is 0 Å². The van der Waals surface area contributed by atoms with Crippen molar-refractivity contribution in [3.63, 3.8) is 0 Å². The Balaban J connectivity index is 2.48. The van der Waals surface area contributed by atoms with Crippen molar-refractivity contribution in [2.24, 2.45) is 0 Å². The Bertz CT molecular complexity index is 679. The SMILES string of the molecule is CCCCOCCOCCOC(F)(F)C(F)(F)OS(=O)(=O)c1ccc(C)cc1. The van der Waals surface area contributed by atoms with Crippen LogP contribution >= 0.6 is 0 Å². The molecule has 28 heavy (non-hydrogen) atoms. The summed E-state index contributed by atoms with van der Waals surface area (Å²) < 4.78 is 95.4. The highest BCUT2D eigenvalue weighted by molar-refractivity contribution is 7.86. The van der Waals surface area contributed by atoms with E-state index in [0.717, 1.165) is 25.0 Å². The zero-order valence-electron chi connectivity index (χ0n) is 15.6. The first kappa shape index (κ1) is 24.8. The minimum Gasteiger partial charge on any atom is -0.379 e. The number of halogens is 4. The maximum atomic E-state index is 13.7. The van der Waals surface area contributed by atoms with Crippen molar-refractivity contribution >= 4 is 10.1 Å². The van der Waals surface area contributed by atoms with Crippen LogP contribution in [-0.2, 0) is 28.5 Å². The molecule has 0 saturated carbocycles. The monoisotopic (exact) mass is 432 g/mol. The smallest absolute Gasteiger partial charge is 0.379 e. The standard InChI is InChI=1S/C17H24F4O6S/c1-3-4-9-24-10-11-25-12-13-26-16(18,19)17(20,21)27-28(22,23)15-7-5-14(2)6-8-15/h5-8H,3-4,9-13H2,1-2H3. The number of unbranched alkanes of at least 4 members (excludes halogenated alkanes) is 1. The fraction of sp³-hybridized carbons (Fsp3) is 0.647. The molecular formula is C17H24F4O6S. The molecule has 0 fully saturated rings. The van der Waals surface area contributed by atoms with Gasteiger partial charge in [0.05, 0.1) is 31.3 Å². The van der Waals surface area contributed by atoms with E-state index < -0.39 is 40.4 Å². The predicted molar refractivity (Wildman–Crippen MR) is 91.8 cm³/mol. The number of alkyl halides is 4. The lowest BCUT2D eigenvalue weighted by atomic mass is 10.2. The van der Waals surface area contributed by atoms with Crippen molar-refractivity contribution in [1.29, 1.82) is 0 Å². The molecule has 162 valence electrons. The van der Waals surface area contributed by atoms with Gasteiger partial charge in [-0.1, -0.05) is 31.0 Å². The van der Waals surface area contributed by atoms with E-state index in [4.69, 9.17) is 9.47 Å². The molecule has 0 heterocycles. The first-order valence-electron chi connectivity index (χ1n) is 8.59. The summed E-state index contributed by atoms with van der Waals surface area (Å²) in [6, 6.07) is 4.56. The molecule has 0 aromatic heterocycles. The third-order valence-corrected chi connectivity index (χ3v) is 4.67. The molecule has 0 saturated heterocycles. The molecule has 11 heteroatoms. The maximum Gasteiger partial charge on any atom is 0.462 e. The molecule has 0 radical (unpaired) electrons. The number of rotatable bonds is 14. The van der Waals surface area contributed by atoms with Gasteiger partial charge in [0.2, 0.25) is 0 Å². The van der Waals surface area contributed by atoms with Gasteiger partial charge in [-0.15, -0.1) is 0 Å². The Labute approximate surface area is 161 Å². The van der Waals surface area contributed by atoms with E-state index >= 15 is 0 Å². The molecule has 0 spiro atoms. The minimum atomic E-state index is -5.40. The van der Waals surface area contributed by atoms with Crippen molar-refractivity contribution < 1.29 is 44.4 Å². The summed E-state index contributed by atoms with van der Waals surface area (Å²) in [6.07, 6.45) is -8.75.